The van der Waals surface area contributed by atoms with E-state index >= 15 is 0 Å². The molecule has 84 valence electrons. The van der Waals surface area contributed by atoms with Crippen LogP contribution < -0.4 is 0 Å². The van der Waals surface area contributed by atoms with Crippen LogP contribution in [0.15, 0.2) is 0 Å². The van der Waals surface area contributed by atoms with Crippen molar-refractivity contribution in [1.29, 1.82) is 0 Å². The van der Waals surface area contributed by atoms with Gasteiger partial charge in [0, 0.05) is 19.1 Å². The van der Waals surface area contributed by atoms with E-state index in [1.165, 1.54) is 6.42 Å². The summed E-state index contributed by atoms with van der Waals surface area (Å²) in [4.78, 5) is 0. The Kier molecular flexibility index (Phi) is 3.53. The third-order valence-corrected chi connectivity index (χ3v) is 2.80. The van der Waals surface area contributed by atoms with E-state index in [-0.39, 0.29) is 5.38 Å². The summed E-state index contributed by atoms with van der Waals surface area (Å²) in [5.74, 6) is 1.25. The summed E-state index contributed by atoms with van der Waals surface area (Å²) in [6.07, 6.45) is 2.30. The molecule has 2 unspecified atom stereocenters. The van der Waals surface area contributed by atoms with E-state index in [0.29, 0.717) is 5.92 Å². The zero-order valence-electron chi connectivity index (χ0n) is 8.77. The SMILES string of the molecule is CC(Cl)c1nnnn1CC1CCCOC1. The van der Waals surface area contributed by atoms with Crippen LogP contribution in [0.5, 0.6) is 0 Å². The minimum atomic E-state index is -0.149. The van der Waals surface area contributed by atoms with Crippen molar-refractivity contribution in [1.82, 2.24) is 20.2 Å². The molecule has 1 aliphatic heterocycles. The van der Waals surface area contributed by atoms with Crippen molar-refractivity contribution in [3.63, 3.8) is 0 Å². The molecule has 0 N–H and O–H groups in total. The molecule has 2 atom stereocenters. The molecule has 5 nitrogen and oxygen atoms in total. The number of alkyl halides is 1. The van der Waals surface area contributed by atoms with Crippen molar-refractivity contribution in [3.05, 3.63) is 5.82 Å². The van der Waals surface area contributed by atoms with Gasteiger partial charge in [0.1, 0.15) is 0 Å². The van der Waals surface area contributed by atoms with Gasteiger partial charge < -0.3 is 4.74 Å². The number of nitrogens with zero attached hydrogens (tertiary/aromatic N) is 4. The van der Waals surface area contributed by atoms with Gasteiger partial charge in [0.2, 0.25) is 0 Å². The van der Waals surface area contributed by atoms with E-state index < -0.39 is 0 Å². The maximum absolute atomic E-state index is 5.97. The lowest BCUT2D eigenvalue weighted by atomic mass is 10.0. The van der Waals surface area contributed by atoms with Crippen LogP contribution >= 0.6 is 11.6 Å². The van der Waals surface area contributed by atoms with Gasteiger partial charge in [-0.1, -0.05) is 0 Å². The number of hydrogen-bond donors (Lipinski definition) is 0. The average molecular weight is 231 g/mol. The molecule has 1 aliphatic rings. The van der Waals surface area contributed by atoms with Gasteiger partial charge in [-0.25, -0.2) is 4.68 Å². The molecular formula is C9H15ClN4O. The van der Waals surface area contributed by atoms with E-state index in [4.69, 9.17) is 16.3 Å². The fourth-order valence-corrected chi connectivity index (χ4v) is 1.98. The minimum absolute atomic E-state index is 0.149. The predicted octanol–water partition coefficient (Wildman–Crippen LogP) is 1.40. The van der Waals surface area contributed by atoms with E-state index in [2.05, 4.69) is 15.5 Å². The molecule has 6 heteroatoms. The van der Waals surface area contributed by atoms with Crippen molar-refractivity contribution in [2.45, 2.75) is 31.7 Å². The fourth-order valence-electron chi connectivity index (χ4n) is 1.82. The number of halogens is 1. The van der Waals surface area contributed by atoms with E-state index in [1.807, 2.05) is 6.92 Å². The molecule has 1 aromatic rings. The molecule has 1 saturated heterocycles. The summed E-state index contributed by atoms with van der Waals surface area (Å²) in [5, 5.41) is 11.4. The molecule has 0 spiro atoms. The lowest BCUT2D eigenvalue weighted by molar-refractivity contribution is 0.0464. The lowest BCUT2D eigenvalue weighted by Gasteiger charge is -2.22. The highest BCUT2D eigenvalue weighted by Gasteiger charge is 2.18. The standard InChI is InChI=1S/C9H15ClN4O/c1-7(10)9-11-12-13-14(9)5-8-3-2-4-15-6-8/h7-8H,2-6H2,1H3. The summed E-state index contributed by atoms with van der Waals surface area (Å²) in [7, 11) is 0. The Morgan fingerprint density at radius 3 is 3.20 bits per heavy atom. The normalized spacial score (nSPS) is 24.0. The van der Waals surface area contributed by atoms with Crippen molar-refractivity contribution < 1.29 is 4.74 Å². The number of hydrogen-bond acceptors (Lipinski definition) is 4. The smallest absolute Gasteiger partial charge is 0.168 e. The summed E-state index contributed by atoms with van der Waals surface area (Å²) in [5.41, 5.74) is 0. The van der Waals surface area contributed by atoms with Crippen LogP contribution in [0, 0.1) is 5.92 Å². The van der Waals surface area contributed by atoms with E-state index in [9.17, 15) is 0 Å². The zero-order valence-corrected chi connectivity index (χ0v) is 9.52. The van der Waals surface area contributed by atoms with Crippen molar-refractivity contribution in [3.8, 4) is 0 Å². The maximum atomic E-state index is 5.97. The van der Waals surface area contributed by atoms with Crippen LogP contribution in [-0.4, -0.2) is 33.4 Å². The summed E-state index contributed by atoms with van der Waals surface area (Å²) in [6, 6.07) is 0. The number of aromatic nitrogens is 4. The molecule has 0 saturated carbocycles. The van der Waals surface area contributed by atoms with Crippen molar-refractivity contribution >= 4 is 11.6 Å². The Bertz CT molecular complexity index is 309. The molecular weight excluding hydrogens is 216 g/mol. The lowest BCUT2D eigenvalue weighted by Crippen LogP contribution is -2.23. The summed E-state index contributed by atoms with van der Waals surface area (Å²) >= 11 is 5.97. The minimum Gasteiger partial charge on any atom is -0.381 e. The molecule has 1 fully saturated rings. The van der Waals surface area contributed by atoms with Gasteiger partial charge in [-0.15, -0.1) is 16.7 Å². The van der Waals surface area contributed by atoms with Crippen molar-refractivity contribution in [2.24, 2.45) is 5.92 Å². The topological polar surface area (TPSA) is 52.8 Å². The number of rotatable bonds is 3. The van der Waals surface area contributed by atoms with Gasteiger partial charge >= 0.3 is 0 Å². The highest BCUT2D eigenvalue weighted by Crippen LogP contribution is 2.19. The van der Waals surface area contributed by atoms with Crippen LogP contribution in [-0.2, 0) is 11.3 Å². The second-order valence-corrected chi connectivity index (χ2v) is 4.57. The molecule has 2 heterocycles. The largest absolute Gasteiger partial charge is 0.381 e. The van der Waals surface area contributed by atoms with Crippen LogP contribution in [0.3, 0.4) is 0 Å². The number of ether oxygens (including phenoxy) is 1. The first-order chi connectivity index (χ1) is 7.27. The molecule has 0 aromatic carbocycles. The second-order valence-electron chi connectivity index (χ2n) is 3.92. The molecule has 0 amide bonds. The summed E-state index contributed by atoms with van der Waals surface area (Å²) in [6.45, 7) is 4.36. The van der Waals surface area contributed by atoms with Crippen LogP contribution in [0.1, 0.15) is 31.0 Å². The van der Waals surface area contributed by atoms with Gasteiger partial charge in [0.05, 0.1) is 12.0 Å². The van der Waals surface area contributed by atoms with Gasteiger partial charge in [0.15, 0.2) is 5.82 Å². The molecule has 0 aliphatic carbocycles. The predicted molar refractivity (Wildman–Crippen MR) is 55.6 cm³/mol. The van der Waals surface area contributed by atoms with Crippen LogP contribution in [0.2, 0.25) is 0 Å². The fraction of sp³-hybridized carbons (Fsp3) is 0.889. The monoisotopic (exact) mass is 230 g/mol. The van der Waals surface area contributed by atoms with Crippen molar-refractivity contribution in [2.75, 3.05) is 13.2 Å². The van der Waals surface area contributed by atoms with Crippen LogP contribution in [0.25, 0.3) is 0 Å². The van der Waals surface area contributed by atoms with E-state index in [1.54, 1.807) is 4.68 Å². The molecule has 15 heavy (non-hydrogen) atoms. The molecule has 1 aromatic heterocycles. The van der Waals surface area contributed by atoms with Gasteiger partial charge in [-0.2, -0.15) is 0 Å². The third kappa shape index (κ3) is 2.66. The average Bonchev–Trinajstić information content (AvgIpc) is 2.67. The highest BCUT2D eigenvalue weighted by molar-refractivity contribution is 6.20. The molecule has 0 bridgehead atoms. The quantitative estimate of drug-likeness (QED) is 0.737. The van der Waals surface area contributed by atoms with Gasteiger partial charge in [0.25, 0.3) is 0 Å². The Balaban J connectivity index is 1.99. The highest BCUT2D eigenvalue weighted by atomic mass is 35.5. The Morgan fingerprint density at radius 1 is 1.67 bits per heavy atom. The van der Waals surface area contributed by atoms with E-state index in [0.717, 1.165) is 32.0 Å². The maximum Gasteiger partial charge on any atom is 0.168 e. The zero-order chi connectivity index (χ0) is 10.7. The molecule has 0 radical (unpaired) electrons. The number of tetrazole rings is 1. The first-order valence-corrected chi connectivity index (χ1v) is 5.69. The van der Waals surface area contributed by atoms with Gasteiger partial charge in [-0.05, 0) is 30.2 Å². The third-order valence-electron chi connectivity index (χ3n) is 2.60. The first-order valence-electron chi connectivity index (χ1n) is 5.25. The molecule has 2 rings (SSSR count). The second kappa shape index (κ2) is 4.90. The summed E-state index contributed by atoms with van der Waals surface area (Å²) < 4.78 is 7.20. The first kappa shape index (κ1) is 10.8. The Morgan fingerprint density at radius 2 is 2.53 bits per heavy atom. The Hall–Kier alpha value is -0.680. The Labute approximate surface area is 93.7 Å². The van der Waals surface area contributed by atoms with Gasteiger partial charge in [-0.3, -0.25) is 0 Å². The van der Waals surface area contributed by atoms with Crippen LogP contribution in [0.4, 0.5) is 0 Å².